The van der Waals surface area contributed by atoms with Crippen molar-refractivity contribution in [1.29, 1.82) is 0 Å². The molecule has 0 aliphatic carbocycles. The summed E-state index contributed by atoms with van der Waals surface area (Å²) in [6.45, 7) is 3.11. The van der Waals surface area contributed by atoms with Crippen molar-refractivity contribution in [2.45, 2.75) is 0 Å². The molecule has 0 atom stereocenters. The number of benzene rings is 2. The molecule has 2 aromatic rings. The van der Waals surface area contributed by atoms with Gasteiger partial charge in [0.2, 0.25) is 5.91 Å². The monoisotopic (exact) mass is 311 g/mol. The van der Waals surface area contributed by atoms with Crippen LogP contribution in [0, 0.1) is 0 Å². The largest absolute Gasteiger partial charge is 0.506 e. The Labute approximate surface area is 136 Å². The number of aromatic hydroxyl groups is 1. The maximum Gasteiger partial charge on any atom is 0.241 e. The lowest BCUT2D eigenvalue weighted by molar-refractivity contribution is -0.129. The molecule has 1 aliphatic rings. The van der Waals surface area contributed by atoms with E-state index in [1.165, 1.54) is 0 Å². The molecule has 2 N–H and O–H groups in total. The topological polar surface area (TPSA) is 55.8 Å². The van der Waals surface area contributed by atoms with Crippen molar-refractivity contribution in [3.05, 3.63) is 54.6 Å². The number of hydrogen-bond donors (Lipinski definition) is 2. The second-order valence-corrected chi connectivity index (χ2v) is 5.58. The van der Waals surface area contributed by atoms with Gasteiger partial charge in [-0.1, -0.05) is 30.3 Å². The van der Waals surface area contributed by atoms with Gasteiger partial charge in [-0.3, -0.25) is 4.79 Å². The van der Waals surface area contributed by atoms with E-state index in [4.69, 9.17) is 0 Å². The van der Waals surface area contributed by atoms with Crippen LogP contribution in [0.5, 0.6) is 5.75 Å². The number of piperazine rings is 1. The Hall–Kier alpha value is -2.69. The number of anilines is 2. The van der Waals surface area contributed by atoms with Crippen molar-refractivity contribution in [3.8, 4) is 5.75 Å². The maximum atomic E-state index is 12.3. The molecule has 1 saturated heterocycles. The van der Waals surface area contributed by atoms with Crippen LogP contribution in [0.1, 0.15) is 0 Å². The zero-order valence-corrected chi connectivity index (χ0v) is 13.0. The van der Waals surface area contributed by atoms with Crippen LogP contribution in [-0.2, 0) is 4.79 Å². The van der Waals surface area contributed by atoms with Gasteiger partial charge in [0.25, 0.3) is 0 Å². The highest BCUT2D eigenvalue weighted by Crippen LogP contribution is 2.27. The van der Waals surface area contributed by atoms with Gasteiger partial charge in [0.15, 0.2) is 0 Å². The lowest BCUT2D eigenvalue weighted by Gasteiger charge is -2.36. The Kier molecular flexibility index (Phi) is 4.66. The van der Waals surface area contributed by atoms with E-state index in [-0.39, 0.29) is 11.7 Å². The molecule has 5 nitrogen and oxygen atoms in total. The fourth-order valence-electron chi connectivity index (χ4n) is 2.77. The Balaban J connectivity index is 1.50. The van der Waals surface area contributed by atoms with E-state index < -0.39 is 0 Å². The van der Waals surface area contributed by atoms with E-state index in [1.54, 1.807) is 6.07 Å². The molecule has 0 unspecified atom stereocenters. The van der Waals surface area contributed by atoms with Gasteiger partial charge >= 0.3 is 0 Å². The minimum absolute atomic E-state index is 0.103. The van der Waals surface area contributed by atoms with Crippen molar-refractivity contribution in [3.63, 3.8) is 0 Å². The van der Waals surface area contributed by atoms with E-state index in [2.05, 4.69) is 10.2 Å². The SMILES string of the molecule is O=C(CNc1ccccc1)N1CCN(c2ccccc2O)CC1. The quantitative estimate of drug-likeness (QED) is 0.908. The maximum absolute atomic E-state index is 12.3. The van der Waals surface area contributed by atoms with Crippen LogP contribution >= 0.6 is 0 Å². The first-order chi connectivity index (χ1) is 11.2. The number of para-hydroxylation sites is 3. The minimum atomic E-state index is 0.103. The third-order valence-corrected chi connectivity index (χ3v) is 4.07. The normalized spacial score (nSPS) is 14.6. The van der Waals surface area contributed by atoms with Gasteiger partial charge in [0, 0.05) is 31.9 Å². The molecule has 3 rings (SSSR count). The number of phenols is 1. The number of carbonyl (C=O) groups is 1. The Morgan fingerprint density at radius 1 is 0.957 bits per heavy atom. The Morgan fingerprint density at radius 2 is 1.61 bits per heavy atom. The van der Waals surface area contributed by atoms with Crippen LogP contribution in [0.25, 0.3) is 0 Å². The van der Waals surface area contributed by atoms with Gasteiger partial charge in [-0.15, -0.1) is 0 Å². The molecule has 2 aromatic carbocycles. The molecule has 1 fully saturated rings. The molecule has 0 radical (unpaired) electrons. The Bertz CT molecular complexity index is 652. The lowest BCUT2D eigenvalue weighted by Crippen LogP contribution is -2.50. The number of carbonyl (C=O) groups excluding carboxylic acids is 1. The number of nitrogens with zero attached hydrogens (tertiary/aromatic N) is 2. The second-order valence-electron chi connectivity index (χ2n) is 5.58. The summed E-state index contributed by atoms with van der Waals surface area (Å²) in [5.41, 5.74) is 1.79. The van der Waals surface area contributed by atoms with Gasteiger partial charge < -0.3 is 20.2 Å². The standard InChI is InChI=1S/C18H21N3O2/c22-17-9-5-4-8-16(17)20-10-12-21(13-11-20)18(23)14-19-15-6-2-1-3-7-15/h1-9,19,22H,10-14H2. The summed E-state index contributed by atoms with van der Waals surface area (Å²) in [6, 6.07) is 17.1. The van der Waals surface area contributed by atoms with Crippen molar-refractivity contribution in [2.75, 3.05) is 42.9 Å². The molecule has 120 valence electrons. The molecular weight excluding hydrogens is 290 g/mol. The predicted molar refractivity (Wildman–Crippen MR) is 91.8 cm³/mol. The van der Waals surface area contributed by atoms with Crippen LogP contribution in [0.3, 0.4) is 0 Å². The number of amides is 1. The zero-order chi connectivity index (χ0) is 16.1. The molecule has 0 spiro atoms. The zero-order valence-electron chi connectivity index (χ0n) is 13.0. The molecule has 0 bridgehead atoms. The van der Waals surface area contributed by atoms with Gasteiger partial charge in [-0.2, -0.15) is 0 Å². The Morgan fingerprint density at radius 3 is 2.30 bits per heavy atom. The number of rotatable bonds is 4. The second kappa shape index (κ2) is 7.05. The summed E-state index contributed by atoms with van der Waals surface area (Å²) >= 11 is 0. The van der Waals surface area contributed by atoms with Crippen molar-refractivity contribution >= 4 is 17.3 Å². The summed E-state index contributed by atoms with van der Waals surface area (Å²) in [4.78, 5) is 16.3. The summed E-state index contributed by atoms with van der Waals surface area (Å²) in [7, 11) is 0. The molecule has 1 amide bonds. The minimum Gasteiger partial charge on any atom is -0.506 e. The van der Waals surface area contributed by atoms with Crippen LogP contribution in [0.4, 0.5) is 11.4 Å². The third kappa shape index (κ3) is 3.74. The molecule has 0 aromatic heterocycles. The molecule has 23 heavy (non-hydrogen) atoms. The highest BCUT2D eigenvalue weighted by Gasteiger charge is 2.22. The van der Waals surface area contributed by atoms with Crippen LogP contribution in [-0.4, -0.2) is 48.6 Å². The fraction of sp³-hybridized carbons (Fsp3) is 0.278. The lowest BCUT2D eigenvalue weighted by atomic mass is 10.2. The molecule has 1 aliphatic heterocycles. The van der Waals surface area contributed by atoms with Gasteiger partial charge in [-0.05, 0) is 24.3 Å². The van der Waals surface area contributed by atoms with E-state index in [0.717, 1.165) is 24.5 Å². The summed E-state index contributed by atoms with van der Waals surface area (Å²) in [5, 5.41) is 13.1. The van der Waals surface area contributed by atoms with Crippen LogP contribution < -0.4 is 10.2 Å². The highest BCUT2D eigenvalue weighted by atomic mass is 16.3. The first kappa shape index (κ1) is 15.2. The smallest absolute Gasteiger partial charge is 0.241 e. The van der Waals surface area contributed by atoms with Crippen molar-refractivity contribution in [1.82, 2.24) is 4.90 Å². The summed E-state index contributed by atoms with van der Waals surface area (Å²) in [6.07, 6.45) is 0. The van der Waals surface area contributed by atoms with Gasteiger partial charge in [0.05, 0.1) is 12.2 Å². The molecule has 1 heterocycles. The van der Waals surface area contributed by atoms with Crippen molar-refractivity contribution < 1.29 is 9.90 Å². The third-order valence-electron chi connectivity index (χ3n) is 4.07. The molecule has 5 heteroatoms. The van der Waals surface area contributed by atoms with E-state index in [9.17, 15) is 9.90 Å². The number of nitrogens with one attached hydrogen (secondary N) is 1. The van der Waals surface area contributed by atoms with E-state index in [1.807, 2.05) is 53.4 Å². The average molecular weight is 311 g/mol. The predicted octanol–water partition coefficient (Wildman–Crippen LogP) is 2.15. The van der Waals surface area contributed by atoms with Gasteiger partial charge in [0.1, 0.15) is 5.75 Å². The molecular formula is C18H21N3O2. The van der Waals surface area contributed by atoms with E-state index in [0.29, 0.717) is 19.6 Å². The first-order valence-corrected chi connectivity index (χ1v) is 7.83. The van der Waals surface area contributed by atoms with Crippen LogP contribution in [0.15, 0.2) is 54.6 Å². The summed E-state index contributed by atoms with van der Waals surface area (Å²) in [5.74, 6) is 0.392. The van der Waals surface area contributed by atoms with Crippen molar-refractivity contribution in [2.24, 2.45) is 0 Å². The number of hydrogen-bond acceptors (Lipinski definition) is 4. The highest BCUT2D eigenvalue weighted by molar-refractivity contribution is 5.81. The average Bonchev–Trinajstić information content (AvgIpc) is 2.61. The van der Waals surface area contributed by atoms with Crippen LogP contribution in [0.2, 0.25) is 0 Å². The van der Waals surface area contributed by atoms with Gasteiger partial charge in [-0.25, -0.2) is 0 Å². The molecule has 0 saturated carbocycles. The fourth-order valence-corrected chi connectivity index (χ4v) is 2.77. The summed E-state index contributed by atoms with van der Waals surface area (Å²) < 4.78 is 0. The van der Waals surface area contributed by atoms with E-state index >= 15 is 0 Å². The number of phenolic OH excluding ortho intramolecular Hbond substituents is 1. The first-order valence-electron chi connectivity index (χ1n) is 7.83.